The van der Waals surface area contributed by atoms with Crippen molar-refractivity contribution in [2.24, 2.45) is 7.05 Å². The highest BCUT2D eigenvalue weighted by atomic mass is 32.2. The molecule has 0 saturated carbocycles. The molecule has 6 nitrogen and oxygen atoms in total. The molecule has 21 heavy (non-hydrogen) atoms. The molecular formula is C13H20N4O2S2. The standard InChI is InChI=1S/C13H20N4O2S2/c1-9-5-13(20-12(9)7-14-3)21(18,19)15-6-11-8-17(4)16-10(11)2/h5,8,14-15H,6-7H2,1-4H3. The molecule has 0 fully saturated rings. The average Bonchev–Trinajstić information content (AvgIpc) is 2.92. The second-order valence-electron chi connectivity index (χ2n) is 4.94. The fourth-order valence-electron chi connectivity index (χ4n) is 2.02. The summed E-state index contributed by atoms with van der Waals surface area (Å²) in [6.07, 6.45) is 1.82. The molecule has 0 radical (unpaired) electrons. The first-order valence-corrected chi connectivity index (χ1v) is 8.86. The van der Waals surface area contributed by atoms with Gasteiger partial charge in [0.25, 0.3) is 0 Å². The molecule has 2 aromatic heterocycles. The number of sulfonamides is 1. The zero-order valence-electron chi connectivity index (χ0n) is 12.6. The van der Waals surface area contributed by atoms with Crippen molar-refractivity contribution in [1.82, 2.24) is 19.8 Å². The highest BCUT2D eigenvalue weighted by Gasteiger charge is 2.19. The van der Waals surface area contributed by atoms with E-state index in [1.165, 1.54) is 11.3 Å². The molecule has 0 aromatic carbocycles. The molecule has 2 heterocycles. The number of aromatic nitrogens is 2. The van der Waals surface area contributed by atoms with Crippen LogP contribution in [0.4, 0.5) is 0 Å². The van der Waals surface area contributed by atoms with Gasteiger partial charge in [-0.1, -0.05) is 0 Å². The van der Waals surface area contributed by atoms with E-state index in [1.807, 2.05) is 34.1 Å². The van der Waals surface area contributed by atoms with Gasteiger partial charge in [0.2, 0.25) is 10.0 Å². The van der Waals surface area contributed by atoms with Gasteiger partial charge in [0.15, 0.2) is 0 Å². The van der Waals surface area contributed by atoms with Crippen molar-refractivity contribution in [2.45, 2.75) is 31.1 Å². The first-order valence-electron chi connectivity index (χ1n) is 6.56. The van der Waals surface area contributed by atoms with Crippen LogP contribution in [0.15, 0.2) is 16.5 Å². The second-order valence-corrected chi connectivity index (χ2v) is 8.07. The van der Waals surface area contributed by atoms with E-state index in [0.29, 0.717) is 10.8 Å². The van der Waals surface area contributed by atoms with Crippen LogP contribution in [-0.2, 0) is 30.2 Å². The third-order valence-corrected chi connectivity index (χ3v) is 6.28. The molecule has 0 saturated heterocycles. The largest absolute Gasteiger partial charge is 0.315 e. The van der Waals surface area contributed by atoms with E-state index in [9.17, 15) is 8.42 Å². The number of rotatable bonds is 6. The molecule has 116 valence electrons. The van der Waals surface area contributed by atoms with E-state index in [0.717, 1.165) is 21.7 Å². The summed E-state index contributed by atoms with van der Waals surface area (Å²) >= 11 is 1.30. The third kappa shape index (κ3) is 3.70. The van der Waals surface area contributed by atoms with Crippen LogP contribution in [0.3, 0.4) is 0 Å². The fraction of sp³-hybridized carbons (Fsp3) is 0.462. The highest BCUT2D eigenvalue weighted by molar-refractivity contribution is 7.91. The first kappa shape index (κ1) is 16.2. The van der Waals surface area contributed by atoms with E-state index < -0.39 is 10.0 Å². The maximum Gasteiger partial charge on any atom is 0.250 e. The van der Waals surface area contributed by atoms with Crippen molar-refractivity contribution in [3.8, 4) is 0 Å². The molecule has 8 heteroatoms. The van der Waals surface area contributed by atoms with E-state index in [-0.39, 0.29) is 6.54 Å². The molecule has 2 rings (SSSR count). The molecule has 0 atom stereocenters. The lowest BCUT2D eigenvalue weighted by Gasteiger charge is -2.03. The van der Waals surface area contributed by atoms with Gasteiger partial charge in [0, 0.05) is 36.8 Å². The lowest BCUT2D eigenvalue weighted by atomic mass is 10.3. The van der Waals surface area contributed by atoms with E-state index in [4.69, 9.17) is 0 Å². The second kappa shape index (κ2) is 6.27. The minimum Gasteiger partial charge on any atom is -0.315 e. The monoisotopic (exact) mass is 328 g/mol. The lowest BCUT2D eigenvalue weighted by molar-refractivity contribution is 0.583. The maximum atomic E-state index is 12.3. The van der Waals surface area contributed by atoms with Crippen LogP contribution < -0.4 is 10.0 Å². The summed E-state index contributed by atoms with van der Waals surface area (Å²) in [4.78, 5) is 1.04. The van der Waals surface area contributed by atoms with Crippen molar-refractivity contribution in [2.75, 3.05) is 7.05 Å². The minimum atomic E-state index is -3.48. The van der Waals surface area contributed by atoms with Gasteiger partial charge in [-0.15, -0.1) is 11.3 Å². The molecule has 0 aliphatic rings. The summed E-state index contributed by atoms with van der Waals surface area (Å²) in [5, 5.41) is 7.25. The van der Waals surface area contributed by atoms with Crippen LogP contribution in [-0.4, -0.2) is 25.2 Å². The number of hydrogen-bond donors (Lipinski definition) is 2. The molecule has 0 unspecified atom stereocenters. The number of aryl methyl sites for hydroxylation is 3. The summed E-state index contributed by atoms with van der Waals surface area (Å²) < 4.78 is 29.4. The summed E-state index contributed by atoms with van der Waals surface area (Å²) in [6.45, 7) is 4.71. The number of nitrogens with zero attached hydrogens (tertiary/aromatic N) is 2. The molecule has 0 aliphatic carbocycles. The van der Waals surface area contributed by atoms with Crippen LogP contribution in [0.25, 0.3) is 0 Å². The highest BCUT2D eigenvalue weighted by Crippen LogP contribution is 2.26. The van der Waals surface area contributed by atoms with Crippen molar-refractivity contribution in [1.29, 1.82) is 0 Å². The number of nitrogens with one attached hydrogen (secondary N) is 2. The quantitative estimate of drug-likeness (QED) is 0.838. The van der Waals surface area contributed by atoms with Crippen LogP contribution in [0.1, 0.15) is 21.7 Å². The zero-order chi connectivity index (χ0) is 15.6. The zero-order valence-corrected chi connectivity index (χ0v) is 14.2. The van der Waals surface area contributed by atoms with Crippen LogP contribution in [0, 0.1) is 13.8 Å². The van der Waals surface area contributed by atoms with Gasteiger partial charge < -0.3 is 5.32 Å². The van der Waals surface area contributed by atoms with Crippen molar-refractivity contribution >= 4 is 21.4 Å². The summed E-state index contributed by atoms with van der Waals surface area (Å²) in [5.41, 5.74) is 2.70. The van der Waals surface area contributed by atoms with Gasteiger partial charge in [-0.25, -0.2) is 13.1 Å². The molecular weight excluding hydrogens is 308 g/mol. The Bertz CT molecular complexity index is 731. The van der Waals surface area contributed by atoms with Crippen LogP contribution in [0.5, 0.6) is 0 Å². The lowest BCUT2D eigenvalue weighted by Crippen LogP contribution is -2.22. The van der Waals surface area contributed by atoms with Crippen LogP contribution in [0.2, 0.25) is 0 Å². The fourth-order valence-corrected chi connectivity index (χ4v) is 4.68. The van der Waals surface area contributed by atoms with E-state index in [2.05, 4.69) is 15.1 Å². The Kier molecular flexibility index (Phi) is 4.82. The number of thiophene rings is 1. The summed E-state index contributed by atoms with van der Waals surface area (Å²) in [7, 11) is 0.179. The summed E-state index contributed by atoms with van der Waals surface area (Å²) in [6, 6.07) is 1.72. The molecule has 0 amide bonds. The van der Waals surface area contributed by atoms with E-state index >= 15 is 0 Å². The molecule has 2 aromatic rings. The molecule has 0 spiro atoms. The smallest absolute Gasteiger partial charge is 0.250 e. The SMILES string of the molecule is CNCc1sc(S(=O)(=O)NCc2cn(C)nc2C)cc1C. The maximum absolute atomic E-state index is 12.3. The van der Waals surface area contributed by atoms with Gasteiger partial charge in [-0.3, -0.25) is 4.68 Å². The van der Waals surface area contributed by atoms with Crippen molar-refractivity contribution in [3.63, 3.8) is 0 Å². The Morgan fingerprint density at radius 1 is 1.33 bits per heavy atom. The third-order valence-electron chi connectivity index (χ3n) is 3.17. The first-order chi connectivity index (χ1) is 9.83. The Morgan fingerprint density at radius 2 is 2.05 bits per heavy atom. The van der Waals surface area contributed by atoms with Gasteiger partial charge in [-0.2, -0.15) is 5.10 Å². The minimum absolute atomic E-state index is 0.250. The molecule has 0 bridgehead atoms. The Hall–Kier alpha value is -1.22. The number of hydrogen-bond acceptors (Lipinski definition) is 5. The Labute approximate surface area is 129 Å². The van der Waals surface area contributed by atoms with Gasteiger partial charge in [0.1, 0.15) is 4.21 Å². The Morgan fingerprint density at radius 3 is 2.62 bits per heavy atom. The van der Waals surface area contributed by atoms with Gasteiger partial charge in [0.05, 0.1) is 5.69 Å². The van der Waals surface area contributed by atoms with Gasteiger partial charge >= 0.3 is 0 Å². The molecule has 0 aliphatic heterocycles. The Balaban J connectivity index is 2.15. The average molecular weight is 328 g/mol. The predicted octanol–water partition coefficient (Wildman–Crippen LogP) is 1.30. The summed E-state index contributed by atoms with van der Waals surface area (Å²) in [5.74, 6) is 0. The predicted molar refractivity (Wildman–Crippen MR) is 83.8 cm³/mol. The molecule has 2 N–H and O–H groups in total. The van der Waals surface area contributed by atoms with Crippen molar-refractivity contribution < 1.29 is 8.42 Å². The normalized spacial score (nSPS) is 12.0. The van der Waals surface area contributed by atoms with Crippen molar-refractivity contribution in [3.05, 3.63) is 34.0 Å². The topological polar surface area (TPSA) is 76.0 Å². The van der Waals surface area contributed by atoms with Gasteiger partial charge in [-0.05, 0) is 32.5 Å². The van der Waals surface area contributed by atoms with Crippen LogP contribution >= 0.6 is 11.3 Å². The van der Waals surface area contributed by atoms with E-state index in [1.54, 1.807) is 10.7 Å².